The van der Waals surface area contributed by atoms with Crippen molar-refractivity contribution in [3.8, 4) is 0 Å². The van der Waals surface area contributed by atoms with Crippen LogP contribution in [0.5, 0.6) is 0 Å². The maximum absolute atomic E-state index is 13.3. The second-order valence-corrected chi connectivity index (χ2v) is 3.85. The molecule has 6 heteroatoms. The van der Waals surface area contributed by atoms with Crippen LogP contribution < -0.4 is 5.32 Å². The summed E-state index contributed by atoms with van der Waals surface area (Å²) < 4.78 is 31.1. The third kappa shape index (κ3) is 4.46. The van der Waals surface area contributed by atoms with Crippen molar-refractivity contribution in [2.75, 3.05) is 25.1 Å². The zero-order valence-electron chi connectivity index (χ0n) is 9.34. The number of aliphatic hydroxyl groups is 1. The molecule has 3 nitrogen and oxygen atoms in total. The third-order valence-corrected chi connectivity index (χ3v) is 2.33. The van der Waals surface area contributed by atoms with Crippen LogP contribution in [-0.4, -0.2) is 31.0 Å². The van der Waals surface area contributed by atoms with Gasteiger partial charge in [-0.1, -0.05) is 11.6 Å². The van der Waals surface area contributed by atoms with Crippen molar-refractivity contribution < 1.29 is 18.6 Å². The Hall–Kier alpha value is -0.910. The number of hydrogen-bond acceptors (Lipinski definition) is 3. The van der Waals surface area contributed by atoms with Crippen LogP contribution in [0.3, 0.4) is 0 Å². The molecule has 1 aromatic rings. The van der Waals surface area contributed by atoms with E-state index in [1.165, 1.54) is 0 Å². The molecule has 0 aliphatic heterocycles. The normalized spacial score (nSPS) is 12.5. The van der Waals surface area contributed by atoms with Crippen LogP contribution in [0.4, 0.5) is 14.5 Å². The first kappa shape index (κ1) is 14.2. The smallest absolute Gasteiger partial charge is 0.150 e. The molecule has 0 saturated carbocycles. The zero-order valence-corrected chi connectivity index (χ0v) is 10.1. The van der Waals surface area contributed by atoms with E-state index in [0.717, 1.165) is 12.1 Å². The summed E-state index contributed by atoms with van der Waals surface area (Å²) in [6.07, 6.45) is -0.782. The molecule has 1 atom stereocenters. The van der Waals surface area contributed by atoms with Crippen molar-refractivity contribution in [1.29, 1.82) is 0 Å². The third-order valence-electron chi connectivity index (χ3n) is 2.04. The Morgan fingerprint density at radius 3 is 2.76 bits per heavy atom. The summed E-state index contributed by atoms with van der Waals surface area (Å²) in [7, 11) is 0. The first-order valence-corrected chi connectivity index (χ1v) is 5.56. The van der Waals surface area contributed by atoms with Gasteiger partial charge in [-0.15, -0.1) is 0 Å². The Balaban J connectivity index is 2.57. The Bertz CT molecular complexity index is 353. The number of rotatable bonds is 6. The van der Waals surface area contributed by atoms with E-state index in [2.05, 4.69) is 5.32 Å². The second-order valence-electron chi connectivity index (χ2n) is 3.44. The average Bonchev–Trinajstić information content (AvgIpc) is 2.24. The average molecular weight is 266 g/mol. The lowest BCUT2D eigenvalue weighted by molar-refractivity contribution is 0.0495. The molecule has 0 radical (unpaired) electrons. The number of anilines is 1. The van der Waals surface area contributed by atoms with Gasteiger partial charge in [0.25, 0.3) is 0 Å². The Morgan fingerprint density at radius 1 is 1.47 bits per heavy atom. The minimum atomic E-state index is -0.793. The predicted octanol–water partition coefficient (Wildman–Crippen LogP) is 2.43. The van der Waals surface area contributed by atoms with Gasteiger partial charge in [-0.2, -0.15) is 0 Å². The highest BCUT2D eigenvalue weighted by Gasteiger charge is 2.11. The standard InChI is InChI=1S/C11H14ClF2NO2/c1-2-17-6-8(16)5-15-11-9(12)3-7(13)4-10(11)14/h3-4,8,15-16H,2,5-6H2,1H3. The van der Waals surface area contributed by atoms with Crippen molar-refractivity contribution in [1.82, 2.24) is 0 Å². The van der Waals surface area contributed by atoms with E-state index in [0.29, 0.717) is 6.61 Å². The maximum atomic E-state index is 13.3. The van der Waals surface area contributed by atoms with E-state index < -0.39 is 17.7 Å². The first-order valence-electron chi connectivity index (χ1n) is 5.18. The molecule has 96 valence electrons. The van der Waals surface area contributed by atoms with Gasteiger partial charge in [0.15, 0.2) is 5.82 Å². The summed E-state index contributed by atoms with van der Waals surface area (Å²) in [6, 6.07) is 1.73. The lowest BCUT2D eigenvalue weighted by Gasteiger charge is -2.14. The summed E-state index contributed by atoms with van der Waals surface area (Å²) in [5.74, 6) is -1.54. The number of aliphatic hydroxyl groups excluding tert-OH is 1. The van der Waals surface area contributed by atoms with Gasteiger partial charge >= 0.3 is 0 Å². The van der Waals surface area contributed by atoms with Crippen LogP contribution in [0.15, 0.2) is 12.1 Å². The van der Waals surface area contributed by atoms with Crippen LogP contribution >= 0.6 is 11.6 Å². The number of ether oxygens (including phenoxy) is 1. The maximum Gasteiger partial charge on any atom is 0.150 e. The molecule has 0 aromatic heterocycles. The number of hydrogen-bond donors (Lipinski definition) is 2. The van der Waals surface area contributed by atoms with Crippen molar-refractivity contribution >= 4 is 17.3 Å². The van der Waals surface area contributed by atoms with Crippen molar-refractivity contribution in [3.05, 3.63) is 28.8 Å². The molecular weight excluding hydrogens is 252 g/mol. The van der Waals surface area contributed by atoms with E-state index in [-0.39, 0.29) is 23.9 Å². The molecule has 17 heavy (non-hydrogen) atoms. The topological polar surface area (TPSA) is 41.5 Å². The molecular formula is C11H14ClF2NO2. The number of benzene rings is 1. The SMILES string of the molecule is CCOCC(O)CNc1c(F)cc(F)cc1Cl. The molecule has 1 rings (SSSR count). The van der Waals surface area contributed by atoms with Crippen molar-refractivity contribution in [2.45, 2.75) is 13.0 Å². The second kappa shape index (κ2) is 6.74. The van der Waals surface area contributed by atoms with Crippen LogP contribution in [0.25, 0.3) is 0 Å². The van der Waals surface area contributed by atoms with Crippen LogP contribution in [0, 0.1) is 11.6 Å². The molecule has 0 fully saturated rings. The monoisotopic (exact) mass is 265 g/mol. The number of nitrogens with one attached hydrogen (secondary N) is 1. The van der Waals surface area contributed by atoms with Gasteiger partial charge in [0.05, 0.1) is 23.4 Å². The summed E-state index contributed by atoms with van der Waals surface area (Å²) in [5.41, 5.74) is -0.0244. The fraction of sp³-hybridized carbons (Fsp3) is 0.455. The minimum Gasteiger partial charge on any atom is -0.389 e. The minimum absolute atomic E-state index is 0.0244. The van der Waals surface area contributed by atoms with Gasteiger partial charge in [0.1, 0.15) is 5.82 Å². The molecule has 0 heterocycles. The van der Waals surface area contributed by atoms with Crippen LogP contribution in [0.1, 0.15) is 6.92 Å². The van der Waals surface area contributed by atoms with E-state index in [9.17, 15) is 13.9 Å². The molecule has 1 aromatic carbocycles. The summed E-state index contributed by atoms with van der Waals surface area (Å²) >= 11 is 5.67. The quantitative estimate of drug-likeness (QED) is 0.830. The first-order chi connectivity index (χ1) is 8.04. The van der Waals surface area contributed by atoms with E-state index >= 15 is 0 Å². The highest BCUT2D eigenvalue weighted by Crippen LogP contribution is 2.26. The van der Waals surface area contributed by atoms with Gasteiger partial charge in [0, 0.05) is 19.2 Å². The predicted molar refractivity (Wildman–Crippen MR) is 62.4 cm³/mol. The fourth-order valence-corrected chi connectivity index (χ4v) is 1.51. The Labute approximate surface area is 103 Å². The molecule has 1 unspecified atom stereocenters. The van der Waals surface area contributed by atoms with Crippen molar-refractivity contribution in [2.24, 2.45) is 0 Å². The molecule has 0 saturated heterocycles. The van der Waals surface area contributed by atoms with Crippen molar-refractivity contribution in [3.63, 3.8) is 0 Å². The van der Waals surface area contributed by atoms with E-state index in [4.69, 9.17) is 16.3 Å². The summed E-state index contributed by atoms with van der Waals surface area (Å²) in [5, 5.41) is 12.0. The number of halogens is 3. The molecule has 0 spiro atoms. The van der Waals surface area contributed by atoms with Crippen LogP contribution in [0.2, 0.25) is 5.02 Å². The lowest BCUT2D eigenvalue weighted by Crippen LogP contribution is -2.25. The lowest BCUT2D eigenvalue weighted by atomic mass is 10.2. The molecule has 2 N–H and O–H groups in total. The van der Waals surface area contributed by atoms with Gasteiger partial charge < -0.3 is 15.2 Å². The largest absolute Gasteiger partial charge is 0.389 e. The Morgan fingerprint density at radius 2 is 2.18 bits per heavy atom. The van der Waals surface area contributed by atoms with Gasteiger partial charge in [-0.25, -0.2) is 8.78 Å². The highest BCUT2D eigenvalue weighted by atomic mass is 35.5. The van der Waals surface area contributed by atoms with E-state index in [1.54, 1.807) is 6.92 Å². The molecule has 0 bridgehead atoms. The molecule has 0 aliphatic rings. The van der Waals surface area contributed by atoms with E-state index in [1.807, 2.05) is 0 Å². The van der Waals surface area contributed by atoms with Gasteiger partial charge in [0.2, 0.25) is 0 Å². The highest BCUT2D eigenvalue weighted by molar-refractivity contribution is 6.33. The van der Waals surface area contributed by atoms with Gasteiger partial charge in [-0.05, 0) is 13.0 Å². The fourth-order valence-electron chi connectivity index (χ4n) is 1.24. The summed E-state index contributed by atoms with van der Waals surface area (Å²) in [6.45, 7) is 2.51. The Kier molecular flexibility index (Phi) is 5.61. The zero-order chi connectivity index (χ0) is 12.8. The summed E-state index contributed by atoms with van der Waals surface area (Å²) in [4.78, 5) is 0. The van der Waals surface area contributed by atoms with Crippen LogP contribution in [-0.2, 0) is 4.74 Å². The van der Waals surface area contributed by atoms with Gasteiger partial charge in [-0.3, -0.25) is 0 Å². The molecule has 0 amide bonds. The molecule has 0 aliphatic carbocycles.